The van der Waals surface area contributed by atoms with Crippen LogP contribution in [-0.4, -0.2) is 21.4 Å². The maximum absolute atomic E-state index is 11.4. The average Bonchev–Trinajstić information content (AvgIpc) is 2.69. The maximum Gasteiger partial charge on any atom is 0.246 e. The Morgan fingerprint density at radius 1 is 1.71 bits per heavy atom. The van der Waals surface area contributed by atoms with E-state index in [1.807, 2.05) is 6.92 Å². The largest absolute Gasteiger partial charge is 0.328 e. The van der Waals surface area contributed by atoms with Crippen LogP contribution < -0.4 is 11.1 Å². The van der Waals surface area contributed by atoms with Gasteiger partial charge >= 0.3 is 0 Å². The van der Waals surface area contributed by atoms with Crippen molar-refractivity contribution >= 4 is 24.3 Å². The minimum Gasteiger partial charge on any atom is -0.328 e. The van der Waals surface area contributed by atoms with Crippen LogP contribution in [0.4, 0.5) is 5.95 Å². The number of H-pyrrole nitrogens is 1. The van der Waals surface area contributed by atoms with Gasteiger partial charge in [-0.2, -0.15) is 0 Å². The number of carbonyl (C=O) groups is 1. The van der Waals surface area contributed by atoms with Gasteiger partial charge in [0.15, 0.2) is 0 Å². The van der Waals surface area contributed by atoms with Crippen molar-refractivity contribution in [1.82, 2.24) is 9.97 Å². The highest BCUT2D eigenvalue weighted by atomic mass is 35.5. The van der Waals surface area contributed by atoms with Gasteiger partial charge in [0.05, 0.1) is 5.54 Å². The van der Waals surface area contributed by atoms with E-state index < -0.39 is 5.54 Å². The van der Waals surface area contributed by atoms with Crippen molar-refractivity contribution in [2.24, 2.45) is 5.73 Å². The Balaban J connectivity index is 0.000000980. The van der Waals surface area contributed by atoms with Gasteiger partial charge in [-0.05, 0) is 19.8 Å². The molecule has 0 aromatic carbocycles. The van der Waals surface area contributed by atoms with Gasteiger partial charge in [0, 0.05) is 11.9 Å². The van der Waals surface area contributed by atoms with Gasteiger partial charge in [0.2, 0.25) is 11.9 Å². The highest BCUT2D eigenvalue weighted by Crippen LogP contribution is 2.32. The Bertz CT molecular complexity index is 345. The number of nitrogens with two attached hydrogens (primary N) is 1. The first-order valence-corrected chi connectivity index (χ1v) is 4.22. The Kier molecular flexibility index (Phi) is 2.82. The molecule has 0 unspecified atom stereocenters. The standard InChI is InChI=1S/C8H12N4O.ClH/c1-5-4-10-7(11-5)12-6(13)8(9)2-3-8;/h4H,2-3,9H2,1H3,(H2,10,11,12,13);1H. The van der Waals surface area contributed by atoms with E-state index in [0.29, 0.717) is 5.95 Å². The van der Waals surface area contributed by atoms with E-state index >= 15 is 0 Å². The first kappa shape index (κ1) is 11.0. The molecule has 2 rings (SSSR count). The van der Waals surface area contributed by atoms with Crippen molar-refractivity contribution in [2.45, 2.75) is 25.3 Å². The number of nitrogens with one attached hydrogen (secondary N) is 2. The van der Waals surface area contributed by atoms with Crippen molar-refractivity contribution in [1.29, 1.82) is 0 Å². The lowest BCUT2D eigenvalue weighted by Gasteiger charge is -2.06. The van der Waals surface area contributed by atoms with Crippen molar-refractivity contribution < 1.29 is 4.79 Å². The van der Waals surface area contributed by atoms with Crippen LogP contribution >= 0.6 is 12.4 Å². The molecule has 1 saturated carbocycles. The van der Waals surface area contributed by atoms with Crippen LogP contribution in [0.5, 0.6) is 0 Å². The number of hydrogen-bond donors (Lipinski definition) is 3. The van der Waals surface area contributed by atoms with Gasteiger partial charge < -0.3 is 10.7 Å². The quantitative estimate of drug-likeness (QED) is 0.676. The number of aromatic amines is 1. The topological polar surface area (TPSA) is 83.8 Å². The Morgan fingerprint density at radius 2 is 2.36 bits per heavy atom. The number of hydrogen-bond acceptors (Lipinski definition) is 3. The number of amides is 1. The molecule has 1 amide bonds. The minimum absolute atomic E-state index is 0. The molecule has 1 fully saturated rings. The third kappa shape index (κ3) is 2.05. The van der Waals surface area contributed by atoms with Gasteiger partial charge in [0.1, 0.15) is 0 Å². The first-order chi connectivity index (χ1) is 6.10. The summed E-state index contributed by atoms with van der Waals surface area (Å²) in [6.45, 7) is 1.87. The van der Waals surface area contributed by atoms with Gasteiger partial charge in [-0.25, -0.2) is 4.98 Å². The number of aryl methyl sites for hydroxylation is 1. The molecule has 0 aliphatic heterocycles. The average molecular weight is 217 g/mol. The SMILES string of the molecule is Cc1cnc(NC(=O)C2(N)CC2)[nH]1.Cl. The highest BCUT2D eigenvalue weighted by Gasteiger charge is 2.46. The molecule has 0 radical (unpaired) electrons. The fraction of sp³-hybridized carbons (Fsp3) is 0.500. The lowest BCUT2D eigenvalue weighted by molar-refractivity contribution is -0.118. The van der Waals surface area contributed by atoms with Crippen LogP contribution in [0.15, 0.2) is 6.20 Å². The molecular formula is C8H13ClN4O. The molecule has 1 aromatic rings. The molecule has 1 aromatic heterocycles. The molecule has 1 aliphatic carbocycles. The molecule has 1 aliphatic rings. The van der Waals surface area contributed by atoms with Gasteiger partial charge in [-0.15, -0.1) is 12.4 Å². The molecule has 14 heavy (non-hydrogen) atoms. The summed E-state index contributed by atoms with van der Waals surface area (Å²) in [7, 11) is 0. The number of anilines is 1. The van der Waals surface area contributed by atoms with Gasteiger partial charge in [-0.1, -0.05) is 0 Å². The van der Waals surface area contributed by atoms with Crippen molar-refractivity contribution in [2.75, 3.05) is 5.32 Å². The zero-order chi connectivity index (χ0) is 9.47. The number of carbonyl (C=O) groups excluding carboxylic acids is 1. The fourth-order valence-electron chi connectivity index (χ4n) is 1.07. The normalized spacial score (nSPS) is 17.0. The smallest absolute Gasteiger partial charge is 0.246 e. The monoisotopic (exact) mass is 216 g/mol. The summed E-state index contributed by atoms with van der Waals surface area (Å²) in [5.41, 5.74) is 5.97. The molecule has 4 N–H and O–H groups in total. The van der Waals surface area contributed by atoms with Crippen LogP contribution in [0.1, 0.15) is 18.5 Å². The first-order valence-electron chi connectivity index (χ1n) is 4.22. The zero-order valence-corrected chi connectivity index (χ0v) is 8.65. The number of rotatable bonds is 2. The fourth-order valence-corrected chi connectivity index (χ4v) is 1.07. The predicted molar refractivity (Wildman–Crippen MR) is 55.4 cm³/mol. The summed E-state index contributed by atoms with van der Waals surface area (Å²) < 4.78 is 0. The minimum atomic E-state index is -0.638. The summed E-state index contributed by atoms with van der Waals surface area (Å²) >= 11 is 0. The van der Waals surface area contributed by atoms with Crippen LogP contribution in [0, 0.1) is 6.92 Å². The van der Waals surface area contributed by atoms with Crippen molar-refractivity contribution in [3.63, 3.8) is 0 Å². The Hall–Kier alpha value is -1.07. The molecule has 0 bridgehead atoms. The van der Waals surface area contributed by atoms with E-state index in [0.717, 1.165) is 18.5 Å². The second-order valence-corrected chi connectivity index (χ2v) is 3.53. The summed E-state index contributed by atoms with van der Waals surface area (Å²) in [5, 5.41) is 2.63. The summed E-state index contributed by atoms with van der Waals surface area (Å²) in [4.78, 5) is 18.3. The van der Waals surface area contributed by atoms with E-state index in [-0.39, 0.29) is 18.3 Å². The molecule has 6 heteroatoms. The van der Waals surface area contributed by atoms with Crippen LogP contribution in [0.25, 0.3) is 0 Å². The third-order valence-electron chi connectivity index (χ3n) is 2.18. The molecule has 0 spiro atoms. The number of aromatic nitrogens is 2. The summed E-state index contributed by atoms with van der Waals surface area (Å²) in [6, 6.07) is 0. The predicted octanol–water partition coefficient (Wildman–Crippen LogP) is 0.570. The molecular weight excluding hydrogens is 204 g/mol. The molecule has 0 atom stereocenters. The van der Waals surface area contributed by atoms with Crippen molar-refractivity contribution in [3.05, 3.63) is 11.9 Å². The maximum atomic E-state index is 11.4. The number of nitrogens with zero attached hydrogens (tertiary/aromatic N) is 1. The number of imidazole rings is 1. The van der Waals surface area contributed by atoms with Crippen LogP contribution in [-0.2, 0) is 4.79 Å². The van der Waals surface area contributed by atoms with Crippen LogP contribution in [0.3, 0.4) is 0 Å². The second-order valence-electron chi connectivity index (χ2n) is 3.53. The van der Waals surface area contributed by atoms with Gasteiger partial charge in [0.25, 0.3) is 0 Å². The molecule has 0 saturated heterocycles. The summed E-state index contributed by atoms with van der Waals surface area (Å²) in [6.07, 6.45) is 3.18. The second kappa shape index (κ2) is 3.59. The van der Waals surface area contributed by atoms with E-state index in [1.165, 1.54) is 0 Å². The molecule has 5 nitrogen and oxygen atoms in total. The van der Waals surface area contributed by atoms with E-state index in [2.05, 4.69) is 15.3 Å². The lowest BCUT2D eigenvalue weighted by Crippen LogP contribution is -2.38. The van der Waals surface area contributed by atoms with E-state index in [4.69, 9.17) is 5.73 Å². The third-order valence-corrected chi connectivity index (χ3v) is 2.18. The van der Waals surface area contributed by atoms with Gasteiger partial charge in [-0.3, -0.25) is 10.1 Å². The zero-order valence-electron chi connectivity index (χ0n) is 7.83. The summed E-state index contributed by atoms with van der Waals surface area (Å²) in [5.74, 6) is 0.320. The number of halogens is 1. The van der Waals surface area contributed by atoms with E-state index in [1.54, 1.807) is 6.20 Å². The highest BCUT2D eigenvalue weighted by molar-refractivity contribution is 5.98. The Labute approximate surface area is 87.9 Å². The van der Waals surface area contributed by atoms with E-state index in [9.17, 15) is 4.79 Å². The van der Waals surface area contributed by atoms with Crippen molar-refractivity contribution in [3.8, 4) is 0 Å². The Morgan fingerprint density at radius 3 is 2.79 bits per heavy atom. The lowest BCUT2D eigenvalue weighted by atomic mass is 10.3. The molecule has 78 valence electrons. The van der Waals surface area contributed by atoms with Crippen LogP contribution in [0.2, 0.25) is 0 Å². The molecule has 1 heterocycles.